The van der Waals surface area contributed by atoms with Crippen molar-refractivity contribution in [2.45, 2.75) is 52.9 Å². The summed E-state index contributed by atoms with van der Waals surface area (Å²) >= 11 is 0. The summed E-state index contributed by atoms with van der Waals surface area (Å²) < 4.78 is 14.4. The van der Waals surface area contributed by atoms with Gasteiger partial charge in [-0.3, -0.25) is 0 Å². The number of rotatable bonds is 8. The van der Waals surface area contributed by atoms with Crippen molar-refractivity contribution in [1.82, 2.24) is 4.90 Å². The summed E-state index contributed by atoms with van der Waals surface area (Å²) in [6, 6.07) is 5.11. The fourth-order valence-corrected chi connectivity index (χ4v) is 2.76. The van der Waals surface area contributed by atoms with E-state index in [1.165, 1.54) is 6.07 Å². The molecule has 4 heteroatoms. The Morgan fingerprint density at radius 2 is 1.91 bits per heavy atom. The minimum atomic E-state index is -0.288. The highest BCUT2D eigenvalue weighted by molar-refractivity contribution is 5.83. The molecule has 3 nitrogen and oxygen atoms in total. The third-order valence-corrected chi connectivity index (χ3v) is 3.84. The van der Waals surface area contributed by atoms with E-state index in [4.69, 9.17) is 5.73 Å². The molecular weight excluding hydrogens is 289 g/mol. The van der Waals surface area contributed by atoms with E-state index in [0.717, 1.165) is 37.3 Å². The van der Waals surface area contributed by atoms with E-state index in [0.29, 0.717) is 17.8 Å². The largest absolute Gasteiger partial charge is 0.402 e. The second-order valence-electron chi connectivity index (χ2n) is 6.09. The van der Waals surface area contributed by atoms with Gasteiger partial charge < -0.3 is 10.6 Å². The number of hydrogen-bond acceptors (Lipinski definition) is 2. The summed E-state index contributed by atoms with van der Waals surface area (Å²) in [6.07, 6.45) is 2.71. The standard InChI is InChI=1S/C19H30FN3/c1-6-11-23(12-7-2)16(5)22-19-17(9-8-10-18(19)20)14(3)13-15(4)21/h8-10,14H,4,6-7,11-13,21H2,1-3,5H3/b22-16+. The molecule has 0 aliphatic heterocycles. The quantitative estimate of drug-likeness (QED) is 0.543. The van der Waals surface area contributed by atoms with Gasteiger partial charge in [0.25, 0.3) is 0 Å². The van der Waals surface area contributed by atoms with Crippen LogP contribution in [0.4, 0.5) is 10.1 Å². The summed E-state index contributed by atoms with van der Waals surface area (Å²) in [7, 11) is 0. The normalized spacial score (nSPS) is 13.0. The van der Waals surface area contributed by atoms with Crippen LogP contribution in [0.2, 0.25) is 0 Å². The Kier molecular flexibility index (Phi) is 7.79. The molecule has 0 saturated carbocycles. The molecule has 1 aromatic rings. The van der Waals surface area contributed by atoms with Crippen LogP contribution in [-0.4, -0.2) is 23.8 Å². The van der Waals surface area contributed by atoms with E-state index < -0.39 is 0 Å². The van der Waals surface area contributed by atoms with Crippen molar-refractivity contribution in [1.29, 1.82) is 0 Å². The van der Waals surface area contributed by atoms with Gasteiger partial charge in [-0.1, -0.05) is 39.5 Å². The number of aliphatic imine (C=N–C) groups is 1. The van der Waals surface area contributed by atoms with Crippen LogP contribution in [0.3, 0.4) is 0 Å². The first-order valence-corrected chi connectivity index (χ1v) is 8.42. The lowest BCUT2D eigenvalue weighted by molar-refractivity contribution is 0.414. The summed E-state index contributed by atoms with van der Waals surface area (Å²) in [5.41, 5.74) is 7.62. The Bertz CT molecular complexity index is 546. The molecule has 128 valence electrons. The molecule has 0 saturated heterocycles. The number of halogens is 1. The molecule has 1 rings (SSSR count). The predicted octanol–water partition coefficient (Wildman–Crippen LogP) is 4.96. The van der Waals surface area contributed by atoms with Crippen molar-refractivity contribution in [2.24, 2.45) is 10.7 Å². The van der Waals surface area contributed by atoms with Crippen LogP contribution in [0, 0.1) is 5.82 Å². The molecule has 0 radical (unpaired) electrons. The van der Waals surface area contributed by atoms with Crippen molar-refractivity contribution >= 4 is 11.5 Å². The van der Waals surface area contributed by atoms with Crippen molar-refractivity contribution < 1.29 is 4.39 Å². The van der Waals surface area contributed by atoms with Gasteiger partial charge in [-0.2, -0.15) is 0 Å². The van der Waals surface area contributed by atoms with E-state index >= 15 is 0 Å². The Balaban J connectivity index is 3.19. The second-order valence-corrected chi connectivity index (χ2v) is 6.09. The highest BCUT2D eigenvalue weighted by atomic mass is 19.1. The topological polar surface area (TPSA) is 41.6 Å². The number of hydrogen-bond donors (Lipinski definition) is 1. The highest BCUT2D eigenvalue weighted by Crippen LogP contribution is 2.32. The highest BCUT2D eigenvalue weighted by Gasteiger charge is 2.15. The van der Waals surface area contributed by atoms with Gasteiger partial charge in [0.1, 0.15) is 17.3 Å². The van der Waals surface area contributed by atoms with Gasteiger partial charge in [0, 0.05) is 18.8 Å². The summed E-state index contributed by atoms with van der Waals surface area (Å²) in [5, 5.41) is 0. The average molecular weight is 319 g/mol. The molecule has 0 aliphatic rings. The SMILES string of the molecule is C=C(N)CC(C)c1cccc(F)c1/N=C(\C)N(CCC)CCC. The zero-order valence-electron chi connectivity index (χ0n) is 14.9. The Labute approximate surface area is 140 Å². The first-order valence-electron chi connectivity index (χ1n) is 8.42. The van der Waals surface area contributed by atoms with E-state index in [-0.39, 0.29) is 11.7 Å². The van der Waals surface area contributed by atoms with Gasteiger partial charge in [0.15, 0.2) is 0 Å². The van der Waals surface area contributed by atoms with Gasteiger partial charge in [-0.15, -0.1) is 0 Å². The van der Waals surface area contributed by atoms with Gasteiger partial charge in [-0.25, -0.2) is 9.38 Å². The van der Waals surface area contributed by atoms with Crippen LogP contribution in [0.15, 0.2) is 35.5 Å². The summed E-state index contributed by atoms with van der Waals surface area (Å²) in [6.45, 7) is 13.9. The first kappa shape index (κ1) is 19.2. The second kappa shape index (κ2) is 9.33. The van der Waals surface area contributed by atoms with Crippen LogP contribution in [0.5, 0.6) is 0 Å². The number of amidine groups is 1. The van der Waals surface area contributed by atoms with E-state index in [1.54, 1.807) is 6.07 Å². The third kappa shape index (κ3) is 5.70. The molecule has 0 fully saturated rings. The number of allylic oxidation sites excluding steroid dienone is 1. The molecule has 1 atom stereocenters. The molecule has 0 aromatic heterocycles. The Hall–Kier alpha value is -1.84. The zero-order valence-corrected chi connectivity index (χ0v) is 14.9. The van der Waals surface area contributed by atoms with Crippen molar-refractivity contribution in [2.75, 3.05) is 13.1 Å². The maximum Gasteiger partial charge on any atom is 0.149 e. The van der Waals surface area contributed by atoms with Crippen LogP contribution < -0.4 is 5.73 Å². The zero-order chi connectivity index (χ0) is 17.4. The Morgan fingerprint density at radius 1 is 1.30 bits per heavy atom. The minimum Gasteiger partial charge on any atom is -0.402 e. The monoisotopic (exact) mass is 319 g/mol. The molecule has 0 amide bonds. The molecule has 0 heterocycles. The first-order chi connectivity index (χ1) is 10.9. The molecule has 1 aromatic carbocycles. The summed E-state index contributed by atoms with van der Waals surface area (Å²) in [5.74, 6) is 0.656. The minimum absolute atomic E-state index is 0.0838. The fraction of sp³-hybridized carbons (Fsp3) is 0.526. The number of nitrogens with zero attached hydrogens (tertiary/aromatic N) is 2. The number of nitrogens with two attached hydrogens (primary N) is 1. The molecular formula is C19H30FN3. The summed E-state index contributed by atoms with van der Waals surface area (Å²) in [4.78, 5) is 6.83. The molecule has 0 aliphatic carbocycles. The molecule has 0 spiro atoms. The smallest absolute Gasteiger partial charge is 0.149 e. The van der Waals surface area contributed by atoms with Gasteiger partial charge in [0.2, 0.25) is 0 Å². The van der Waals surface area contributed by atoms with E-state index in [2.05, 4.69) is 30.3 Å². The fourth-order valence-electron chi connectivity index (χ4n) is 2.76. The van der Waals surface area contributed by atoms with E-state index in [1.807, 2.05) is 19.9 Å². The lowest BCUT2D eigenvalue weighted by atomic mass is 9.95. The Morgan fingerprint density at radius 3 is 2.43 bits per heavy atom. The molecule has 0 bridgehead atoms. The van der Waals surface area contributed by atoms with Crippen LogP contribution >= 0.6 is 0 Å². The van der Waals surface area contributed by atoms with E-state index in [9.17, 15) is 4.39 Å². The average Bonchev–Trinajstić information content (AvgIpc) is 2.48. The molecule has 1 unspecified atom stereocenters. The van der Waals surface area contributed by atoms with Crippen LogP contribution in [0.25, 0.3) is 0 Å². The number of para-hydroxylation sites is 1. The molecule has 23 heavy (non-hydrogen) atoms. The van der Waals surface area contributed by atoms with Gasteiger partial charge in [-0.05, 0) is 43.7 Å². The van der Waals surface area contributed by atoms with Gasteiger partial charge in [0.05, 0.1) is 0 Å². The lowest BCUT2D eigenvalue weighted by Gasteiger charge is -2.24. The molecule has 2 N–H and O–H groups in total. The predicted molar refractivity (Wildman–Crippen MR) is 97.7 cm³/mol. The van der Waals surface area contributed by atoms with Crippen LogP contribution in [0.1, 0.15) is 58.4 Å². The maximum atomic E-state index is 14.4. The van der Waals surface area contributed by atoms with Crippen molar-refractivity contribution in [3.8, 4) is 0 Å². The third-order valence-electron chi connectivity index (χ3n) is 3.84. The maximum absolute atomic E-state index is 14.4. The van der Waals surface area contributed by atoms with Crippen LogP contribution in [-0.2, 0) is 0 Å². The van der Waals surface area contributed by atoms with Gasteiger partial charge >= 0.3 is 0 Å². The van der Waals surface area contributed by atoms with Crippen molar-refractivity contribution in [3.63, 3.8) is 0 Å². The lowest BCUT2D eigenvalue weighted by Crippen LogP contribution is -2.30. The number of benzene rings is 1. The van der Waals surface area contributed by atoms with Crippen molar-refractivity contribution in [3.05, 3.63) is 41.9 Å².